The molecule has 4 heteroatoms. The highest BCUT2D eigenvalue weighted by molar-refractivity contribution is 5.83. The Hall–Kier alpha value is -2.20. The molecule has 0 bridgehead atoms. The lowest BCUT2D eigenvalue weighted by Gasteiger charge is -2.36. The number of amides is 1. The van der Waals surface area contributed by atoms with Crippen LogP contribution in [0.1, 0.15) is 18.9 Å². The van der Waals surface area contributed by atoms with Crippen LogP contribution in [0.5, 0.6) is 0 Å². The van der Waals surface area contributed by atoms with E-state index in [1.54, 1.807) is 12.1 Å². The third-order valence-electron chi connectivity index (χ3n) is 4.46. The molecular weight excluding hydrogens is 305 g/mol. The average Bonchev–Trinajstić information content (AvgIpc) is 2.57. The molecule has 24 heavy (non-hydrogen) atoms. The molecule has 1 aliphatic heterocycles. The second-order valence-corrected chi connectivity index (χ2v) is 6.59. The summed E-state index contributed by atoms with van der Waals surface area (Å²) in [4.78, 5) is 12.0. The van der Waals surface area contributed by atoms with Crippen LogP contribution in [0.2, 0.25) is 0 Å². The van der Waals surface area contributed by atoms with Gasteiger partial charge in [-0.25, -0.2) is 4.39 Å². The minimum absolute atomic E-state index is 0.0728. The van der Waals surface area contributed by atoms with Crippen molar-refractivity contribution in [2.24, 2.45) is 5.41 Å². The van der Waals surface area contributed by atoms with Gasteiger partial charge < -0.3 is 10.1 Å². The summed E-state index contributed by atoms with van der Waals surface area (Å²) in [5.74, 6) is -0.134. The SMILES string of the molecule is CC1(C(=O)NCCCc2ccc(-c3ccccc3F)cc2)COC1. The minimum Gasteiger partial charge on any atom is -0.379 e. The first kappa shape index (κ1) is 16.7. The molecule has 0 radical (unpaired) electrons. The van der Waals surface area contributed by atoms with Gasteiger partial charge in [-0.15, -0.1) is 0 Å². The van der Waals surface area contributed by atoms with Gasteiger partial charge in [0.15, 0.2) is 0 Å². The maximum absolute atomic E-state index is 13.8. The molecule has 0 atom stereocenters. The number of halogens is 1. The molecule has 1 N–H and O–H groups in total. The van der Waals surface area contributed by atoms with Crippen LogP contribution in [0.15, 0.2) is 48.5 Å². The van der Waals surface area contributed by atoms with Gasteiger partial charge in [0.05, 0.1) is 18.6 Å². The monoisotopic (exact) mass is 327 g/mol. The molecule has 1 aliphatic rings. The summed E-state index contributed by atoms with van der Waals surface area (Å²) in [6.07, 6.45) is 1.76. The minimum atomic E-state index is -0.346. The van der Waals surface area contributed by atoms with Gasteiger partial charge in [-0.05, 0) is 37.0 Å². The Morgan fingerprint density at radius 1 is 1.17 bits per heavy atom. The average molecular weight is 327 g/mol. The molecule has 0 aromatic heterocycles. The molecule has 1 amide bonds. The number of hydrogen-bond donors (Lipinski definition) is 1. The van der Waals surface area contributed by atoms with Crippen molar-refractivity contribution in [2.45, 2.75) is 19.8 Å². The Morgan fingerprint density at radius 3 is 2.50 bits per heavy atom. The molecule has 1 fully saturated rings. The van der Waals surface area contributed by atoms with E-state index in [2.05, 4.69) is 5.32 Å². The van der Waals surface area contributed by atoms with Gasteiger partial charge >= 0.3 is 0 Å². The molecule has 3 nitrogen and oxygen atoms in total. The largest absolute Gasteiger partial charge is 0.379 e. The molecule has 2 aromatic rings. The number of nitrogens with one attached hydrogen (secondary N) is 1. The van der Waals surface area contributed by atoms with E-state index >= 15 is 0 Å². The summed E-state index contributed by atoms with van der Waals surface area (Å²) in [7, 11) is 0. The van der Waals surface area contributed by atoms with E-state index in [1.807, 2.05) is 37.3 Å². The van der Waals surface area contributed by atoms with Crippen molar-refractivity contribution in [2.75, 3.05) is 19.8 Å². The molecule has 3 rings (SSSR count). The van der Waals surface area contributed by atoms with E-state index in [-0.39, 0.29) is 17.1 Å². The Labute approximate surface area is 141 Å². The standard InChI is InChI=1S/C20H22FNO2/c1-20(13-24-14-20)19(23)22-12-4-5-15-8-10-16(11-9-15)17-6-2-3-7-18(17)21/h2-3,6-11H,4-5,12-14H2,1H3,(H,22,23). The third kappa shape index (κ3) is 3.65. The summed E-state index contributed by atoms with van der Waals surface area (Å²) in [5.41, 5.74) is 2.33. The van der Waals surface area contributed by atoms with Crippen molar-refractivity contribution < 1.29 is 13.9 Å². The van der Waals surface area contributed by atoms with Gasteiger partial charge in [0, 0.05) is 12.1 Å². The number of ether oxygens (including phenoxy) is 1. The number of aryl methyl sites for hydroxylation is 1. The van der Waals surface area contributed by atoms with E-state index in [1.165, 1.54) is 11.6 Å². The second-order valence-electron chi connectivity index (χ2n) is 6.59. The van der Waals surface area contributed by atoms with Crippen LogP contribution >= 0.6 is 0 Å². The maximum Gasteiger partial charge on any atom is 0.230 e. The van der Waals surface area contributed by atoms with Crippen LogP contribution in [-0.4, -0.2) is 25.7 Å². The van der Waals surface area contributed by atoms with Crippen LogP contribution < -0.4 is 5.32 Å². The Balaban J connectivity index is 1.48. The van der Waals surface area contributed by atoms with Crippen LogP contribution in [0, 0.1) is 11.2 Å². The van der Waals surface area contributed by atoms with Gasteiger partial charge in [0.2, 0.25) is 5.91 Å². The maximum atomic E-state index is 13.8. The van der Waals surface area contributed by atoms with E-state index in [0.717, 1.165) is 18.4 Å². The second kappa shape index (κ2) is 7.14. The summed E-state index contributed by atoms with van der Waals surface area (Å²) in [5, 5.41) is 2.97. The third-order valence-corrected chi connectivity index (χ3v) is 4.46. The molecule has 0 unspecified atom stereocenters. The number of carbonyl (C=O) groups is 1. The van der Waals surface area contributed by atoms with Gasteiger partial charge in [0.25, 0.3) is 0 Å². The lowest BCUT2D eigenvalue weighted by atomic mass is 9.87. The predicted octanol–water partition coefficient (Wildman–Crippen LogP) is 3.58. The summed E-state index contributed by atoms with van der Waals surface area (Å²) < 4.78 is 18.9. The number of benzene rings is 2. The van der Waals surface area contributed by atoms with Crippen molar-refractivity contribution >= 4 is 5.91 Å². The highest BCUT2D eigenvalue weighted by atomic mass is 19.1. The van der Waals surface area contributed by atoms with Crippen molar-refractivity contribution in [3.63, 3.8) is 0 Å². The van der Waals surface area contributed by atoms with E-state index < -0.39 is 0 Å². The first-order valence-electron chi connectivity index (χ1n) is 8.28. The molecular formula is C20H22FNO2. The predicted molar refractivity (Wildman–Crippen MR) is 92.1 cm³/mol. The van der Waals surface area contributed by atoms with E-state index in [9.17, 15) is 9.18 Å². The lowest BCUT2D eigenvalue weighted by molar-refractivity contribution is -0.157. The topological polar surface area (TPSA) is 38.3 Å². The quantitative estimate of drug-likeness (QED) is 0.824. The number of rotatable bonds is 6. The number of carbonyl (C=O) groups excluding carboxylic acids is 1. The zero-order valence-electron chi connectivity index (χ0n) is 13.8. The first-order valence-corrected chi connectivity index (χ1v) is 8.28. The lowest BCUT2D eigenvalue weighted by Crippen LogP contribution is -2.52. The molecule has 126 valence electrons. The fraction of sp³-hybridized carbons (Fsp3) is 0.350. The van der Waals surface area contributed by atoms with Crippen LogP contribution in [0.4, 0.5) is 4.39 Å². The van der Waals surface area contributed by atoms with E-state index in [0.29, 0.717) is 25.3 Å². The highest BCUT2D eigenvalue weighted by Crippen LogP contribution is 2.26. The fourth-order valence-electron chi connectivity index (χ4n) is 2.79. The van der Waals surface area contributed by atoms with Gasteiger partial charge in [-0.1, -0.05) is 42.5 Å². The van der Waals surface area contributed by atoms with Crippen molar-refractivity contribution in [3.8, 4) is 11.1 Å². The van der Waals surface area contributed by atoms with Crippen LogP contribution in [-0.2, 0) is 16.0 Å². The zero-order chi connectivity index (χ0) is 17.0. The van der Waals surface area contributed by atoms with Gasteiger partial charge in [0.1, 0.15) is 5.82 Å². The molecule has 0 spiro atoms. The Bertz CT molecular complexity index is 708. The van der Waals surface area contributed by atoms with Crippen molar-refractivity contribution in [3.05, 3.63) is 59.9 Å². The summed E-state index contributed by atoms with van der Waals surface area (Å²) in [6, 6.07) is 14.7. The normalized spacial score (nSPS) is 15.6. The van der Waals surface area contributed by atoms with Gasteiger partial charge in [-0.3, -0.25) is 4.79 Å². The highest BCUT2D eigenvalue weighted by Gasteiger charge is 2.40. The van der Waals surface area contributed by atoms with E-state index in [4.69, 9.17) is 4.74 Å². The summed E-state index contributed by atoms with van der Waals surface area (Å²) in [6.45, 7) is 3.60. The first-order chi connectivity index (χ1) is 11.6. The van der Waals surface area contributed by atoms with Crippen molar-refractivity contribution in [1.29, 1.82) is 0 Å². The summed E-state index contributed by atoms with van der Waals surface area (Å²) >= 11 is 0. The molecule has 1 heterocycles. The molecule has 0 saturated carbocycles. The Morgan fingerprint density at radius 2 is 1.88 bits per heavy atom. The molecule has 1 saturated heterocycles. The molecule has 2 aromatic carbocycles. The van der Waals surface area contributed by atoms with Gasteiger partial charge in [-0.2, -0.15) is 0 Å². The smallest absolute Gasteiger partial charge is 0.230 e. The zero-order valence-corrected chi connectivity index (χ0v) is 13.8. The van der Waals surface area contributed by atoms with Crippen molar-refractivity contribution in [1.82, 2.24) is 5.32 Å². The molecule has 0 aliphatic carbocycles. The van der Waals surface area contributed by atoms with Crippen LogP contribution in [0.25, 0.3) is 11.1 Å². The van der Waals surface area contributed by atoms with Crippen LogP contribution in [0.3, 0.4) is 0 Å². The number of hydrogen-bond acceptors (Lipinski definition) is 2. The fourth-order valence-corrected chi connectivity index (χ4v) is 2.79. The Kier molecular flexibility index (Phi) is 4.95.